The first-order valence-corrected chi connectivity index (χ1v) is 8.29. The molecule has 1 heterocycles. The van der Waals surface area contributed by atoms with E-state index in [1.165, 1.54) is 0 Å². The second-order valence-electron chi connectivity index (χ2n) is 6.49. The highest BCUT2D eigenvalue weighted by molar-refractivity contribution is 5.14. The monoisotopic (exact) mass is 334 g/mol. The second kappa shape index (κ2) is 6.94. The summed E-state index contributed by atoms with van der Waals surface area (Å²) in [6, 6.07) is 10.1. The Morgan fingerprint density at radius 2 is 1.67 bits per heavy atom. The molecule has 132 valence electrons. The van der Waals surface area contributed by atoms with Crippen molar-refractivity contribution in [2.75, 3.05) is 14.2 Å². The molecule has 0 amide bonds. The lowest BCUT2D eigenvalue weighted by molar-refractivity contribution is -0.444. The maximum Gasteiger partial charge on any atom is 0.220 e. The highest BCUT2D eigenvalue weighted by atomic mass is 16.8. The third kappa shape index (κ3) is 3.27. The molecule has 0 N–H and O–H groups in total. The molecule has 3 rings (SSSR count). The summed E-state index contributed by atoms with van der Waals surface area (Å²) < 4.78 is 29.4. The third-order valence-electron chi connectivity index (χ3n) is 4.99. The van der Waals surface area contributed by atoms with E-state index in [4.69, 9.17) is 23.7 Å². The van der Waals surface area contributed by atoms with Gasteiger partial charge in [0.2, 0.25) is 11.6 Å². The van der Waals surface area contributed by atoms with Crippen LogP contribution >= 0.6 is 0 Å². The fourth-order valence-corrected chi connectivity index (χ4v) is 3.16. The van der Waals surface area contributed by atoms with Crippen LogP contribution in [0.25, 0.3) is 0 Å². The van der Waals surface area contributed by atoms with Crippen LogP contribution in [0, 0.1) is 0 Å². The maximum absolute atomic E-state index is 6.21. The topological polar surface area (TPSA) is 46.2 Å². The molecule has 0 spiro atoms. The van der Waals surface area contributed by atoms with E-state index in [1.807, 2.05) is 44.2 Å². The molecule has 2 aliphatic rings. The standard InChI is InChI=1S/C19H26O5/c1-18(20-3)19(2,21-4)24-17-12-15(10-11-16(17)23-18)22-13-14-8-6-5-7-9-14/h5-11,15-17H,12-13H2,1-4H3/t15-,16-,17-,18+,19+/m1/s1. The zero-order valence-corrected chi connectivity index (χ0v) is 14.7. The van der Waals surface area contributed by atoms with Gasteiger partial charge in [-0.15, -0.1) is 0 Å². The van der Waals surface area contributed by atoms with Gasteiger partial charge in [0, 0.05) is 20.6 Å². The molecule has 0 aromatic heterocycles. The average molecular weight is 334 g/mol. The van der Waals surface area contributed by atoms with E-state index < -0.39 is 11.6 Å². The predicted molar refractivity (Wildman–Crippen MR) is 89.4 cm³/mol. The molecule has 0 bridgehead atoms. The molecule has 24 heavy (non-hydrogen) atoms. The molecule has 1 aromatic rings. The summed E-state index contributed by atoms with van der Waals surface area (Å²) in [7, 11) is 3.20. The van der Waals surface area contributed by atoms with E-state index in [2.05, 4.69) is 12.1 Å². The van der Waals surface area contributed by atoms with Crippen molar-refractivity contribution < 1.29 is 23.7 Å². The van der Waals surface area contributed by atoms with Crippen molar-refractivity contribution in [3.63, 3.8) is 0 Å². The number of benzene rings is 1. The third-order valence-corrected chi connectivity index (χ3v) is 4.99. The van der Waals surface area contributed by atoms with E-state index in [9.17, 15) is 0 Å². The van der Waals surface area contributed by atoms with Gasteiger partial charge in [-0.3, -0.25) is 0 Å². The lowest BCUT2D eigenvalue weighted by Crippen LogP contribution is -2.65. The largest absolute Gasteiger partial charge is 0.369 e. The summed E-state index contributed by atoms with van der Waals surface area (Å²) in [5.74, 6) is -1.94. The molecule has 0 saturated carbocycles. The molecule has 0 unspecified atom stereocenters. The molecule has 1 aliphatic carbocycles. The van der Waals surface area contributed by atoms with Crippen LogP contribution < -0.4 is 0 Å². The van der Waals surface area contributed by atoms with Crippen molar-refractivity contribution in [1.29, 1.82) is 0 Å². The van der Waals surface area contributed by atoms with Gasteiger partial charge in [0.05, 0.1) is 18.8 Å². The Hall–Kier alpha value is -1.24. The summed E-state index contributed by atoms with van der Waals surface area (Å²) in [6.07, 6.45) is 4.43. The zero-order chi connectivity index (χ0) is 17.2. The number of hydrogen-bond donors (Lipinski definition) is 0. The molecule has 1 aromatic carbocycles. The quantitative estimate of drug-likeness (QED) is 0.775. The number of rotatable bonds is 5. The Bertz CT molecular complexity index is 574. The van der Waals surface area contributed by atoms with E-state index in [-0.39, 0.29) is 18.3 Å². The summed E-state index contributed by atoms with van der Waals surface area (Å²) in [6.45, 7) is 4.24. The van der Waals surface area contributed by atoms with E-state index in [0.717, 1.165) is 5.56 Å². The molecule has 5 atom stereocenters. The van der Waals surface area contributed by atoms with Gasteiger partial charge in [-0.25, -0.2) is 0 Å². The number of hydrogen-bond acceptors (Lipinski definition) is 5. The van der Waals surface area contributed by atoms with Gasteiger partial charge in [-0.1, -0.05) is 42.5 Å². The first kappa shape index (κ1) is 17.6. The Balaban J connectivity index is 1.66. The van der Waals surface area contributed by atoms with Crippen molar-refractivity contribution in [2.45, 2.75) is 56.8 Å². The Kier molecular flexibility index (Phi) is 5.08. The van der Waals surface area contributed by atoms with Crippen molar-refractivity contribution in [3.8, 4) is 0 Å². The Labute approximate surface area is 143 Å². The summed E-state index contributed by atoms with van der Waals surface area (Å²) >= 11 is 0. The van der Waals surface area contributed by atoms with Crippen LogP contribution in [0.2, 0.25) is 0 Å². The average Bonchev–Trinajstić information content (AvgIpc) is 2.62. The summed E-state index contributed by atoms with van der Waals surface area (Å²) in [5, 5.41) is 0. The van der Waals surface area contributed by atoms with E-state index in [1.54, 1.807) is 14.2 Å². The molecule has 0 radical (unpaired) electrons. The number of ether oxygens (including phenoxy) is 5. The summed E-state index contributed by atoms with van der Waals surface area (Å²) in [5.41, 5.74) is 1.16. The van der Waals surface area contributed by atoms with Gasteiger partial charge in [0.25, 0.3) is 0 Å². The van der Waals surface area contributed by atoms with Crippen molar-refractivity contribution in [1.82, 2.24) is 0 Å². The van der Waals surface area contributed by atoms with Gasteiger partial charge in [0.15, 0.2) is 0 Å². The molecule has 1 fully saturated rings. The molecular weight excluding hydrogens is 308 g/mol. The highest BCUT2D eigenvalue weighted by Gasteiger charge is 2.56. The van der Waals surface area contributed by atoms with Crippen molar-refractivity contribution >= 4 is 0 Å². The minimum Gasteiger partial charge on any atom is -0.369 e. The molecule has 5 nitrogen and oxygen atoms in total. The number of methoxy groups -OCH3 is 2. The fourth-order valence-electron chi connectivity index (χ4n) is 3.16. The highest BCUT2D eigenvalue weighted by Crippen LogP contribution is 2.41. The van der Waals surface area contributed by atoms with E-state index in [0.29, 0.717) is 13.0 Å². The summed E-state index contributed by atoms with van der Waals surface area (Å²) in [4.78, 5) is 0. The molecule has 1 aliphatic heterocycles. The van der Waals surface area contributed by atoms with Crippen LogP contribution in [0.4, 0.5) is 0 Å². The SMILES string of the molecule is CO[C@@]1(C)O[C@@H]2C=C[C@@H](OCc3ccccc3)C[C@H]2O[C@]1(C)OC. The normalized spacial score (nSPS) is 38.8. The van der Waals surface area contributed by atoms with Gasteiger partial charge >= 0.3 is 0 Å². The van der Waals surface area contributed by atoms with Gasteiger partial charge in [-0.05, 0) is 19.4 Å². The van der Waals surface area contributed by atoms with E-state index >= 15 is 0 Å². The van der Waals surface area contributed by atoms with Crippen molar-refractivity contribution in [3.05, 3.63) is 48.0 Å². The predicted octanol–water partition coefficient (Wildman–Crippen LogP) is 3.04. The maximum atomic E-state index is 6.21. The van der Waals surface area contributed by atoms with Crippen LogP contribution in [0.3, 0.4) is 0 Å². The van der Waals surface area contributed by atoms with Gasteiger partial charge < -0.3 is 23.7 Å². The Morgan fingerprint density at radius 3 is 2.33 bits per heavy atom. The minimum atomic E-state index is -0.974. The lowest BCUT2D eigenvalue weighted by atomic mass is 9.95. The van der Waals surface area contributed by atoms with Crippen LogP contribution in [0.1, 0.15) is 25.8 Å². The first-order valence-electron chi connectivity index (χ1n) is 8.29. The number of fused-ring (bicyclic) bond motifs is 1. The smallest absolute Gasteiger partial charge is 0.220 e. The van der Waals surface area contributed by atoms with Crippen LogP contribution in [0.15, 0.2) is 42.5 Å². The van der Waals surface area contributed by atoms with Crippen LogP contribution in [-0.2, 0) is 30.3 Å². The fraction of sp³-hybridized carbons (Fsp3) is 0.579. The van der Waals surface area contributed by atoms with Gasteiger partial charge in [0.1, 0.15) is 6.10 Å². The van der Waals surface area contributed by atoms with Crippen LogP contribution in [-0.4, -0.2) is 44.1 Å². The molecule has 1 saturated heterocycles. The Morgan fingerprint density at radius 1 is 1.00 bits per heavy atom. The zero-order valence-electron chi connectivity index (χ0n) is 14.7. The molecular formula is C19H26O5. The molecule has 5 heteroatoms. The lowest BCUT2D eigenvalue weighted by Gasteiger charge is -2.52. The van der Waals surface area contributed by atoms with Crippen molar-refractivity contribution in [2.24, 2.45) is 0 Å². The van der Waals surface area contributed by atoms with Crippen LogP contribution in [0.5, 0.6) is 0 Å². The first-order chi connectivity index (χ1) is 11.5. The second-order valence-corrected chi connectivity index (χ2v) is 6.49. The minimum absolute atomic E-state index is 0.0111. The van der Waals surface area contributed by atoms with Gasteiger partial charge in [-0.2, -0.15) is 0 Å².